The lowest BCUT2D eigenvalue weighted by Crippen LogP contribution is -2.44. The standard InChI is InChI=1S/C25H22F2N4O2/c1-15(2)22(29-25(33)24-18-6-4-3-5-16(18)11-12-28-24)14-31-23(32)10-9-21(30-31)17-7-8-19(26)20(27)13-17/h3-13,15,22H,14H2,1-2H3,(H,29,33)/t22-/m1/s1. The van der Waals surface area contributed by atoms with Crippen molar-refractivity contribution in [2.45, 2.75) is 26.4 Å². The molecular weight excluding hydrogens is 426 g/mol. The SMILES string of the molecule is CC(C)[C@@H](Cn1nc(-c2ccc(F)c(F)c2)ccc1=O)NC(=O)c1nccc2ccccc12. The van der Waals surface area contributed by atoms with Gasteiger partial charge in [-0.15, -0.1) is 0 Å². The molecule has 168 valence electrons. The van der Waals surface area contributed by atoms with Gasteiger partial charge >= 0.3 is 0 Å². The van der Waals surface area contributed by atoms with E-state index in [9.17, 15) is 18.4 Å². The molecule has 0 aliphatic heterocycles. The molecule has 0 aliphatic carbocycles. The number of benzene rings is 2. The largest absolute Gasteiger partial charge is 0.346 e. The summed E-state index contributed by atoms with van der Waals surface area (Å²) in [5, 5.41) is 8.91. The minimum absolute atomic E-state index is 0.0236. The number of halogens is 2. The number of nitrogens with zero attached hydrogens (tertiary/aromatic N) is 3. The summed E-state index contributed by atoms with van der Waals surface area (Å²) < 4.78 is 28.2. The Bertz CT molecular complexity index is 1380. The van der Waals surface area contributed by atoms with Crippen molar-refractivity contribution in [3.05, 3.63) is 94.5 Å². The summed E-state index contributed by atoms with van der Waals surface area (Å²) in [4.78, 5) is 29.8. The molecule has 2 heterocycles. The summed E-state index contributed by atoms with van der Waals surface area (Å²) in [5.41, 5.74) is 0.588. The van der Waals surface area contributed by atoms with Crippen LogP contribution in [-0.4, -0.2) is 26.7 Å². The van der Waals surface area contributed by atoms with Gasteiger partial charge in [0.05, 0.1) is 18.3 Å². The van der Waals surface area contributed by atoms with E-state index in [0.29, 0.717) is 17.0 Å². The molecular formula is C25H22F2N4O2. The van der Waals surface area contributed by atoms with Crippen LogP contribution in [0, 0.1) is 17.6 Å². The molecule has 6 nitrogen and oxygen atoms in total. The fraction of sp³-hybridized carbons (Fsp3) is 0.200. The lowest BCUT2D eigenvalue weighted by molar-refractivity contribution is 0.0915. The maximum Gasteiger partial charge on any atom is 0.270 e. The second kappa shape index (κ2) is 9.28. The summed E-state index contributed by atoms with van der Waals surface area (Å²) in [5.74, 6) is -2.33. The van der Waals surface area contributed by atoms with Gasteiger partial charge in [-0.05, 0) is 41.6 Å². The van der Waals surface area contributed by atoms with Crippen molar-refractivity contribution in [1.82, 2.24) is 20.1 Å². The molecule has 4 aromatic rings. The van der Waals surface area contributed by atoms with Crippen molar-refractivity contribution in [3.8, 4) is 11.3 Å². The number of nitrogens with one attached hydrogen (secondary N) is 1. The van der Waals surface area contributed by atoms with E-state index in [4.69, 9.17) is 0 Å². The van der Waals surface area contributed by atoms with Gasteiger partial charge in [-0.25, -0.2) is 13.5 Å². The monoisotopic (exact) mass is 448 g/mol. The molecule has 8 heteroatoms. The molecule has 2 aromatic carbocycles. The number of amides is 1. The fourth-order valence-corrected chi connectivity index (χ4v) is 3.54. The molecule has 0 saturated heterocycles. The van der Waals surface area contributed by atoms with Crippen molar-refractivity contribution >= 4 is 16.7 Å². The number of pyridine rings is 1. The molecule has 0 bridgehead atoms. The molecule has 1 N–H and O–H groups in total. The van der Waals surface area contributed by atoms with Crippen LogP contribution in [-0.2, 0) is 6.54 Å². The Hall–Kier alpha value is -3.94. The predicted octanol–water partition coefficient (Wildman–Crippen LogP) is 4.19. The Morgan fingerprint density at radius 2 is 1.82 bits per heavy atom. The molecule has 0 spiro atoms. The zero-order valence-electron chi connectivity index (χ0n) is 18.1. The maximum absolute atomic E-state index is 13.7. The van der Waals surface area contributed by atoms with Crippen LogP contribution in [0.3, 0.4) is 0 Å². The normalized spacial score (nSPS) is 12.2. The Morgan fingerprint density at radius 1 is 1.03 bits per heavy atom. The smallest absolute Gasteiger partial charge is 0.270 e. The van der Waals surface area contributed by atoms with Crippen LogP contribution in [0.5, 0.6) is 0 Å². The third-order valence-electron chi connectivity index (χ3n) is 5.46. The van der Waals surface area contributed by atoms with E-state index in [2.05, 4.69) is 15.4 Å². The molecule has 0 unspecified atom stereocenters. The first kappa shape index (κ1) is 22.3. The number of hydrogen-bond donors (Lipinski definition) is 1. The highest BCUT2D eigenvalue weighted by Gasteiger charge is 2.21. The summed E-state index contributed by atoms with van der Waals surface area (Å²) in [6.07, 6.45) is 1.58. The van der Waals surface area contributed by atoms with Crippen LogP contribution in [0.1, 0.15) is 24.3 Å². The molecule has 4 rings (SSSR count). The summed E-state index contributed by atoms with van der Waals surface area (Å²) in [6.45, 7) is 3.95. The van der Waals surface area contributed by atoms with E-state index < -0.39 is 17.7 Å². The first-order chi connectivity index (χ1) is 15.8. The van der Waals surface area contributed by atoms with E-state index in [1.54, 1.807) is 6.20 Å². The van der Waals surface area contributed by atoms with Crippen molar-refractivity contribution in [3.63, 3.8) is 0 Å². The van der Waals surface area contributed by atoms with Gasteiger partial charge in [-0.3, -0.25) is 14.6 Å². The van der Waals surface area contributed by atoms with Gasteiger partial charge in [0.2, 0.25) is 0 Å². The van der Waals surface area contributed by atoms with Gasteiger partial charge in [0.1, 0.15) is 5.69 Å². The third kappa shape index (κ3) is 4.79. The summed E-state index contributed by atoms with van der Waals surface area (Å²) >= 11 is 0. The molecule has 1 amide bonds. The minimum Gasteiger partial charge on any atom is -0.346 e. The van der Waals surface area contributed by atoms with Gasteiger partial charge in [0.25, 0.3) is 11.5 Å². The van der Waals surface area contributed by atoms with Crippen LogP contribution in [0.4, 0.5) is 8.78 Å². The summed E-state index contributed by atoms with van der Waals surface area (Å²) in [6, 6.07) is 15.1. The molecule has 33 heavy (non-hydrogen) atoms. The van der Waals surface area contributed by atoms with Gasteiger partial charge in [0.15, 0.2) is 11.6 Å². The second-order valence-corrected chi connectivity index (χ2v) is 8.07. The average Bonchev–Trinajstić information content (AvgIpc) is 2.81. The highest BCUT2D eigenvalue weighted by Crippen LogP contribution is 2.19. The first-order valence-electron chi connectivity index (χ1n) is 10.5. The highest BCUT2D eigenvalue weighted by molar-refractivity contribution is 6.05. The second-order valence-electron chi connectivity index (χ2n) is 8.07. The fourth-order valence-electron chi connectivity index (χ4n) is 3.54. The van der Waals surface area contributed by atoms with E-state index >= 15 is 0 Å². The predicted molar refractivity (Wildman–Crippen MR) is 122 cm³/mol. The van der Waals surface area contributed by atoms with Gasteiger partial charge < -0.3 is 5.32 Å². The van der Waals surface area contributed by atoms with Crippen LogP contribution in [0.15, 0.2) is 71.7 Å². The number of hydrogen-bond acceptors (Lipinski definition) is 4. The number of aromatic nitrogens is 3. The zero-order valence-corrected chi connectivity index (χ0v) is 18.1. The zero-order chi connectivity index (χ0) is 23.5. The molecule has 2 aromatic heterocycles. The molecule has 0 fully saturated rings. The summed E-state index contributed by atoms with van der Waals surface area (Å²) in [7, 11) is 0. The Kier molecular flexibility index (Phi) is 6.26. The number of rotatable bonds is 6. The Balaban J connectivity index is 1.61. The van der Waals surface area contributed by atoms with E-state index in [0.717, 1.165) is 22.9 Å². The average molecular weight is 448 g/mol. The Morgan fingerprint density at radius 3 is 2.58 bits per heavy atom. The van der Waals surface area contributed by atoms with Crippen molar-refractivity contribution in [1.29, 1.82) is 0 Å². The highest BCUT2D eigenvalue weighted by atomic mass is 19.2. The molecule has 0 radical (unpaired) electrons. The van der Waals surface area contributed by atoms with Crippen LogP contribution in [0.2, 0.25) is 0 Å². The Labute approximate surface area is 188 Å². The molecule has 1 atom stereocenters. The quantitative estimate of drug-likeness (QED) is 0.480. The molecule has 0 saturated carbocycles. The number of fused-ring (bicyclic) bond motifs is 1. The van der Waals surface area contributed by atoms with Crippen LogP contribution < -0.4 is 10.9 Å². The number of carbonyl (C=O) groups is 1. The topological polar surface area (TPSA) is 76.9 Å². The van der Waals surface area contributed by atoms with Crippen molar-refractivity contribution < 1.29 is 13.6 Å². The lowest BCUT2D eigenvalue weighted by atomic mass is 10.0. The van der Waals surface area contributed by atoms with Gasteiger partial charge in [0, 0.05) is 23.2 Å². The van der Waals surface area contributed by atoms with Crippen LogP contribution >= 0.6 is 0 Å². The van der Waals surface area contributed by atoms with Crippen LogP contribution in [0.25, 0.3) is 22.0 Å². The number of carbonyl (C=O) groups excluding carboxylic acids is 1. The van der Waals surface area contributed by atoms with Crippen molar-refractivity contribution in [2.75, 3.05) is 0 Å². The van der Waals surface area contributed by atoms with E-state index in [1.807, 2.05) is 44.2 Å². The van der Waals surface area contributed by atoms with E-state index in [1.165, 1.54) is 22.9 Å². The van der Waals surface area contributed by atoms with Crippen molar-refractivity contribution in [2.24, 2.45) is 5.92 Å². The third-order valence-corrected chi connectivity index (χ3v) is 5.46. The lowest BCUT2D eigenvalue weighted by Gasteiger charge is -2.23. The molecule has 0 aliphatic rings. The first-order valence-corrected chi connectivity index (χ1v) is 10.5. The van der Waals surface area contributed by atoms with Gasteiger partial charge in [-0.1, -0.05) is 38.1 Å². The minimum atomic E-state index is -0.998. The van der Waals surface area contributed by atoms with Gasteiger partial charge in [-0.2, -0.15) is 5.10 Å². The maximum atomic E-state index is 13.7. The van der Waals surface area contributed by atoms with E-state index in [-0.39, 0.29) is 23.9 Å².